The minimum Gasteiger partial charge on any atom is -0.496 e. The summed E-state index contributed by atoms with van der Waals surface area (Å²) in [4.78, 5) is 22.3. The third-order valence-electron chi connectivity index (χ3n) is 2.30. The second-order valence-electron chi connectivity index (χ2n) is 3.44. The van der Waals surface area contributed by atoms with Crippen LogP contribution < -0.4 is 9.47 Å². The summed E-state index contributed by atoms with van der Waals surface area (Å²) in [5.41, 5.74) is 0.612. The standard InChI is InChI=1S/C12H14O6/c1-16-6-7-4-8(17-2)10(9(5-7)18-3)11(13)12(14)15/h4-5H,6H2,1-3H3,(H,14,15). The van der Waals surface area contributed by atoms with E-state index in [0.717, 1.165) is 0 Å². The van der Waals surface area contributed by atoms with E-state index in [9.17, 15) is 9.59 Å². The van der Waals surface area contributed by atoms with E-state index >= 15 is 0 Å². The number of Topliss-reactive ketones (excluding diaryl/α,β-unsaturated/α-hetero) is 1. The Kier molecular flexibility index (Phi) is 4.67. The van der Waals surface area contributed by atoms with Crippen molar-refractivity contribution >= 4 is 11.8 Å². The molecule has 0 radical (unpaired) electrons. The summed E-state index contributed by atoms with van der Waals surface area (Å²) >= 11 is 0. The Morgan fingerprint density at radius 2 is 1.61 bits per heavy atom. The summed E-state index contributed by atoms with van der Waals surface area (Å²) in [6.45, 7) is 0.300. The van der Waals surface area contributed by atoms with Crippen LogP contribution in [0.2, 0.25) is 0 Å². The second-order valence-corrected chi connectivity index (χ2v) is 3.44. The summed E-state index contributed by atoms with van der Waals surface area (Å²) in [6, 6.07) is 3.09. The number of hydrogen-bond acceptors (Lipinski definition) is 5. The number of ketones is 1. The predicted molar refractivity (Wildman–Crippen MR) is 62.2 cm³/mol. The van der Waals surface area contributed by atoms with Crippen LogP contribution in [0.3, 0.4) is 0 Å². The van der Waals surface area contributed by atoms with Gasteiger partial charge in [0.15, 0.2) is 0 Å². The smallest absolute Gasteiger partial charge is 0.377 e. The number of methoxy groups -OCH3 is 3. The van der Waals surface area contributed by atoms with Gasteiger partial charge in [-0.25, -0.2) is 4.79 Å². The van der Waals surface area contributed by atoms with E-state index in [1.807, 2.05) is 0 Å². The number of benzene rings is 1. The molecule has 1 aromatic rings. The number of carboxylic acid groups (broad SMARTS) is 1. The molecular formula is C12H14O6. The summed E-state index contributed by atoms with van der Waals surface area (Å²) in [6.07, 6.45) is 0. The molecule has 0 amide bonds. The van der Waals surface area contributed by atoms with E-state index in [1.54, 1.807) is 12.1 Å². The van der Waals surface area contributed by atoms with Crippen LogP contribution in [-0.4, -0.2) is 38.2 Å². The molecule has 1 aromatic carbocycles. The zero-order valence-corrected chi connectivity index (χ0v) is 10.4. The van der Waals surface area contributed by atoms with Gasteiger partial charge in [0.25, 0.3) is 5.78 Å². The van der Waals surface area contributed by atoms with Gasteiger partial charge in [-0.3, -0.25) is 4.79 Å². The Morgan fingerprint density at radius 1 is 1.11 bits per heavy atom. The molecule has 0 atom stereocenters. The van der Waals surface area contributed by atoms with Gasteiger partial charge in [-0.15, -0.1) is 0 Å². The maximum absolute atomic E-state index is 11.6. The molecule has 18 heavy (non-hydrogen) atoms. The van der Waals surface area contributed by atoms with Gasteiger partial charge in [0.1, 0.15) is 17.1 Å². The fourth-order valence-corrected chi connectivity index (χ4v) is 1.55. The number of ether oxygens (including phenoxy) is 3. The predicted octanol–water partition coefficient (Wildman–Crippen LogP) is 1.12. The van der Waals surface area contributed by atoms with Crippen LogP contribution >= 0.6 is 0 Å². The van der Waals surface area contributed by atoms with Crippen molar-refractivity contribution in [2.75, 3.05) is 21.3 Å². The molecule has 0 unspecified atom stereocenters. The fourth-order valence-electron chi connectivity index (χ4n) is 1.55. The number of hydrogen-bond donors (Lipinski definition) is 1. The number of aliphatic carboxylic acids is 1. The first kappa shape index (κ1) is 14.0. The summed E-state index contributed by atoms with van der Waals surface area (Å²) < 4.78 is 15.0. The summed E-state index contributed by atoms with van der Waals surface area (Å²) in [5.74, 6) is -2.35. The van der Waals surface area contributed by atoms with Gasteiger partial charge in [0, 0.05) is 7.11 Å². The van der Waals surface area contributed by atoms with E-state index in [2.05, 4.69) is 0 Å². The van der Waals surface area contributed by atoms with E-state index in [0.29, 0.717) is 12.2 Å². The van der Waals surface area contributed by atoms with Crippen LogP contribution in [0.4, 0.5) is 0 Å². The van der Waals surface area contributed by atoms with E-state index < -0.39 is 11.8 Å². The lowest BCUT2D eigenvalue weighted by molar-refractivity contribution is -0.131. The highest BCUT2D eigenvalue weighted by molar-refractivity contribution is 6.41. The molecule has 0 fully saturated rings. The number of rotatable bonds is 6. The number of carbonyl (C=O) groups excluding carboxylic acids is 1. The first-order chi connectivity index (χ1) is 8.54. The number of carbonyl (C=O) groups is 2. The van der Waals surface area contributed by atoms with E-state index in [-0.39, 0.29) is 17.1 Å². The van der Waals surface area contributed by atoms with E-state index in [1.165, 1.54) is 21.3 Å². The minimum atomic E-state index is -1.56. The quantitative estimate of drug-likeness (QED) is 0.605. The highest BCUT2D eigenvalue weighted by Gasteiger charge is 2.25. The fraction of sp³-hybridized carbons (Fsp3) is 0.333. The van der Waals surface area contributed by atoms with Crippen molar-refractivity contribution in [1.82, 2.24) is 0 Å². The first-order valence-electron chi connectivity index (χ1n) is 5.06. The normalized spacial score (nSPS) is 9.94. The van der Waals surface area contributed by atoms with Gasteiger partial charge < -0.3 is 19.3 Å². The lowest BCUT2D eigenvalue weighted by atomic mass is 10.0. The molecule has 1 N–H and O–H groups in total. The second kappa shape index (κ2) is 6.02. The van der Waals surface area contributed by atoms with Gasteiger partial charge in [-0.05, 0) is 17.7 Å². The topological polar surface area (TPSA) is 82.1 Å². The molecule has 1 rings (SSSR count). The van der Waals surface area contributed by atoms with Crippen LogP contribution in [0.1, 0.15) is 15.9 Å². The zero-order chi connectivity index (χ0) is 13.7. The SMILES string of the molecule is COCc1cc(OC)c(C(=O)C(=O)O)c(OC)c1. The summed E-state index contributed by atoms with van der Waals surface area (Å²) in [7, 11) is 4.23. The highest BCUT2D eigenvalue weighted by Crippen LogP contribution is 2.31. The zero-order valence-electron chi connectivity index (χ0n) is 10.4. The molecule has 0 aliphatic heterocycles. The lowest BCUT2D eigenvalue weighted by Crippen LogP contribution is -2.15. The van der Waals surface area contributed by atoms with Crippen molar-refractivity contribution in [2.45, 2.75) is 6.61 Å². The van der Waals surface area contributed by atoms with Gasteiger partial charge in [-0.2, -0.15) is 0 Å². The van der Waals surface area contributed by atoms with Crippen LogP contribution in [0, 0.1) is 0 Å². The first-order valence-corrected chi connectivity index (χ1v) is 5.06. The Balaban J connectivity index is 3.38. The van der Waals surface area contributed by atoms with Gasteiger partial charge in [0.05, 0.1) is 20.8 Å². The highest BCUT2D eigenvalue weighted by atomic mass is 16.5. The monoisotopic (exact) mass is 254 g/mol. The van der Waals surface area contributed by atoms with Crippen LogP contribution in [0.25, 0.3) is 0 Å². The van der Waals surface area contributed by atoms with Gasteiger partial charge in [0.2, 0.25) is 0 Å². The van der Waals surface area contributed by atoms with Crippen molar-refractivity contribution in [3.05, 3.63) is 23.3 Å². The van der Waals surface area contributed by atoms with Crippen LogP contribution in [0.5, 0.6) is 11.5 Å². The van der Waals surface area contributed by atoms with Gasteiger partial charge in [-0.1, -0.05) is 0 Å². The molecule has 0 heterocycles. The maximum Gasteiger partial charge on any atom is 0.377 e. The average molecular weight is 254 g/mol. The summed E-state index contributed by atoms with van der Waals surface area (Å²) in [5, 5.41) is 8.76. The molecular weight excluding hydrogens is 240 g/mol. The van der Waals surface area contributed by atoms with Gasteiger partial charge >= 0.3 is 5.97 Å². The van der Waals surface area contributed by atoms with Crippen molar-refractivity contribution in [2.24, 2.45) is 0 Å². The van der Waals surface area contributed by atoms with Crippen molar-refractivity contribution in [1.29, 1.82) is 0 Å². The third-order valence-corrected chi connectivity index (χ3v) is 2.30. The van der Waals surface area contributed by atoms with Crippen LogP contribution in [-0.2, 0) is 16.1 Å². The lowest BCUT2D eigenvalue weighted by Gasteiger charge is -2.13. The molecule has 0 aromatic heterocycles. The van der Waals surface area contributed by atoms with Crippen molar-refractivity contribution in [3.8, 4) is 11.5 Å². The van der Waals surface area contributed by atoms with Crippen molar-refractivity contribution in [3.63, 3.8) is 0 Å². The van der Waals surface area contributed by atoms with Crippen molar-refractivity contribution < 1.29 is 28.9 Å². The molecule has 6 heteroatoms. The Hall–Kier alpha value is -2.08. The minimum absolute atomic E-state index is 0.104. The largest absolute Gasteiger partial charge is 0.496 e. The molecule has 0 saturated carbocycles. The molecule has 6 nitrogen and oxygen atoms in total. The average Bonchev–Trinajstić information content (AvgIpc) is 2.36. The Labute approximate surface area is 104 Å². The third kappa shape index (κ3) is 2.78. The molecule has 98 valence electrons. The molecule has 0 aliphatic carbocycles. The maximum atomic E-state index is 11.6. The molecule has 0 spiro atoms. The molecule has 0 aliphatic rings. The Bertz CT molecular complexity index is 441. The van der Waals surface area contributed by atoms with Crippen LogP contribution in [0.15, 0.2) is 12.1 Å². The number of carboxylic acids is 1. The van der Waals surface area contributed by atoms with E-state index in [4.69, 9.17) is 19.3 Å². The Morgan fingerprint density at radius 3 is 1.94 bits per heavy atom. The molecule has 0 saturated heterocycles. The molecule has 0 bridgehead atoms.